The first-order chi connectivity index (χ1) is 16.5. The number of amides is 1. The lowest BCUT2D eigenvalue weighted by atomic mass is 10.2. The number of nitrogens with zero attached hydrogens (tertiary/aromatic N) is 3. The van der Waals surface area contributed by atoms with Crippen LogP contribution in [0.25, 0.3) is 11.0 Å². The molecule has 4 aromatic rings. The van der Waals surface area contributed by atoms with Crippen LogP contribution in [0.1, 0.15) is 18.9 Å². The molecule has 3 N–H and O–H groups in total. The molecule has 2 aromatic carbocycles. The van der Waals surface area contributed by atoms with E-state index >= 15 is 0 Å². The summed E-state index contributed by atoms with van der Waals surface area (Å²) in [5.41, 5.74) is 1.58. The second kappa shape index (κ2) is 9.10. The molecule has 0 radical (unpaired) electrons. The third-order valence-corrected chi connectivity index (χ3v) is 6.37. The molecular formula is C23H22N6O4S. The summed E-state index contributed by atoms with van der Waals surface area (Å²) in [6.07, 6.45) is 1.31. The van der Waals surface area contributed by atoms with Crippen molar-refractivity contribution in [2.45, 2.75) is 30.0 Å². The Kier molecular flexibility index (Phi) is 5.84. The summed E-state index contributed by atoms with van der Waals surface area (Å²) in [5, 5.41) is 11.6. The fourth-order valence-corrected chi connectivity index (χ4v) is 4.50. The number of thioether (sulfide) groups is 1. The van der Waals surface area contributed by atoms with E-state index < -0.39 is 11.4 Å². The maximum absolute atomic E-state index is 12.8. The summed E-state index contributed by atoms with van der Waals surface area (Å²) in [7, 11) is 0. The first-order valence-corrected chi connectivity index (χ1v) is 11.5. The minimum Gasteiger partial charge on any atom is -0.485 e. The molecule has 1 aliphatic rings. The molecule has 174 valence electrons. The predicted molar refractivity (Wildman–Crippen MR) is 128 cm³/mol. The quantitative estimate of drug-likeness (QED) is 0.275. The van der Waals surface area contributed by atoms with Crippen molar-refractivity contribution in [3.05, 3.63) is 71.4 Å². The monoisotopic (exact) mass is 478 g/mol. The summed E-state index contributed by atoms with van der Waals surface area (Å²) >= 11 is 1.28. The van der Waals surface area contributed by atoms with Crippen molar-refractivity contribution >= 4 is 34.4 Å². The number of nitrogens with one attached hydrogen (secondary N) is 3. The van der Waals surface area contributed by atoms with E-state index in [4.69, 9.17) is 9.47 Å². The van der Waals surface area contributed by atoms with Gasteiger partial charge in [0.05, 0.1) is 16.3 Å². The third-order valence-electron chi connectivity index (χ3n) is 5.29. The van der Waals surface area contributed by atoms with Crippen molar-refractivity contribution in [2.24, 2.45) is 0 Å². The minimum absolute atomic E-state index is 0.205. The van der Waals surface area contributed by atoms with Gasteiger partial charge in [0, 0.05) is 12.2 Å². The summed E-state index contributed by atoms with van der Waals surface area (Å²) in [5.74, 6) is 1.74. The van der Waals surface area contributed by atoms with Crippen molar-refractivity contribution in [1.29, 1.82) is 0 Å². The zero-order valence-corrected chi connectivity index (χ0v) is 19.1. The number of aromatic amines is 2. The number of ether oxygens (including phenoxy) is 2. The van der Waals surface area contributed by atoms with Gasteiger partial charge in [-0.15, -0.1) is 16.8 Å². The molecule has 1 amide bonds. The van der Waals surface area contributed by atoms with Gasteiger partial charge in [-0.3, -0.25) is 9.36 Å². The van der Waals surface area contributed by atoms with Crippen LogP contribution in [0, 0.1) is 0 Å². The Morgan fingerprint density at radius 2 is 2.06 bits per heavy atom. The molecule has 1 aliphatic heterocycles. The smallest absolute Gasteiger partial charge is 0.323 e. The summed E-state index contributed by atoms with van der Waals surface area (Å²) in [6.45, 7) is 6.38. The summed E-state index contributed by atoms with van der Waals surface area (Å²) < 4.78 is 13.8. The molecule has 2 atom stereocenters. The Bertz CT molecular complexity index is 1420. The van der Waals surface area contributed by atoms with Crippen molar-refractivity contribution in [3.8, 4) is 11.5 Å². The number of benzene rings is 2. The van der Waals surface area contributed by atoms with E-state index in [2.05, 4.69) is 32.1 Å². The lowest BCUT2D eigenvalue weighted by Crippen LogP contribution is -2.25. The van der Waals surface area contributed by atoms with E-state index in [0.29, 0.717) is 52.4 Å². The topological polar surface area (TPSA) is 127 Å². The van der Waals surface area contributed by atoms with Gasteiger partial charge in [0.15, 0.2) is 28.6 Å². The van der Waals surface area contributed by atoms with Crippen LogP contribution in [0.3, 0.4) is 0 Å². The number of carbonyl (C=O) groups excluding carboxylic acids is 1. The number of hydrogen-bond acceptors (Lipinski definition) is 7. The van der Waals surface area contributed by atoms with Crippen LogP contribution in [-0.2, 0) is 11.3 Å². The van der Waals surface area contributed by atoms with Gasteiger partial charge in [-0.2, -0.15) is 0 Å². The van der Waals surface area contributed by atoms with Crippen LogP contribution in [0.2, 0.25) is 0 Å². The molecule has 5 rings (SSSR count). The number of allylic oxidation sites excluding steroid dienone is 1. The Morgan fingerprint density at radius 1 is 1.26 bits per heavy atom. The average molecular weight is 479 g/mol. The van der Waals surface area contributed by atoms with E-state index in [0.717, 1.165) is 0 Å². The molecule has 2 aromatic heterocycles. The SMILES string of the molecule is C=CCn1c(S[C@H](C)C(=O)Nc2ccc3[nH]c(=O)[nH]c3c2)nnc1[C@H]1COc2ccccc2O1. The molecule has 0 saturated heterocycles. The number of fused-ring (bicyclic) bond motifs is 2. The van der Waals surface area contributed by atoms with Gasteiger partial charge < -0.3 is 24.8 Å². The van der Waals surface area contributed by atoms with Gasteiger partial charge in [0.25, 0.3) is 0 Å². The number of imidazole rings is 1. The Morgan fingerprint density at radius 3 is 2.88 bits per heavy atom. The normalized spacial score (nSPS) is 15.7. The first kappa shape index (κ1) is 21.8. The molecule has 0 aliphatic carbocycles. The van der Waals surface area contributed by atoms with E-state index in [1.807, 2.05) is 28.8 Å². The molecule has 34 heavy (non-hydrogen) atoms. The second-order valence-electron chi connectivity index (χ2n) is 7.69. The van der Waals surface area contributed by atoms with E-state index in [1.54, 1.807) is 31.2 Å². The highest BCUT2D eigenvalue weighted by molar-refractivity contribution is 8.00. The zero-order valence-electron chi connectivity index (χ0n) is 18.3. The van der Waals surface area contributed by atoms with Crippen LogP contribution in [-0.4, -0.2) is 42.5 Å². The maximum Gasteiger partial charge on any atom is 0.323 e. The third kappa shape index (κ3) is 4.29. The number of H-pyrrole nitrogens is 2. The fourth-order valence-electron chi connectivity index (χ4n) is 3.64. The number of aromatic nitrogens is 5. The Balaban J connectivity index is 1.31. The van der Waals surface area contributed by atoms with Crippen molar-refractivity contribution in [3.63, 3.8) is 0 Å². The number of anilines is 1. The van der Waals surface area contributed by atoms with Crippen LogP contribution < -0.4 is 20.5 Å². The zero-order chi connectivity index (χ0) is 23.7. The molecule has 0 bridgehead atoms. The van der Waals surface area contributed by atoms with Crippen molar-refractivity contribution in [1.82, 2.24) is 24.7 Å². The molecule has 0 fully saturated rings. The highest BCUT2D eigenvalue weighted by atomic mass is 32.2. The van der Waals surface area contributed by atoms with Gasteiger partial charge in [-0.05, 0) is 37.3 Å². The highest BCUT2D eigenvalue weighted by Crippen LogP contribution is 2.36. The summed E-state index contributed by atoms with van der Waals surface area (Å²) in [4.78, 5) is 29.7. The molecule has 0 saturated carbocycles. The lowest BCUT2D eigenvalue weighted by Gasteiger charge is -2.26. The molecule has 3 heterocycles. The molecular weight excluding hydrogens is 456 g/mol. The minimum atomic E-state index is -0.467. The summed E-state index contributed by atoms with van der Waals surface area (Å²) in [6, 6.07) is 12.6. The maximum atomic E-state index is 12.8. The second-order valence-corrected chi connectivity index (χ2v) is 9.00. The lowest BCUT2D eigenvalue weighted by molar-refractivity contribution is -0.115. The first-order valence-electron chi connectivity index (χ1n) is 10.6. The molecule has 10 nitrogen and oxygen atoms in total. The average Bonchev–Trinajstić information content (AvgIpc) is 3.40. The predicted octanol–water partition coefficient (Wildman–Crippen LogP) is 3.27. The van der Waals surface area contributed by atoms with E-state index in [1.165, 1.54) is 11.8 Å². The number of para-hydroxylation sites is 2. The van der Waals surface area contributed by atoms with Crippen LogP contribution in [0.15, 0.2) is 65.1 Å². The van der Waals surface area contributed by atoms with Gasteiger partial charge in [-0.25, -0.2) is 4.79 Å². The standard InChI is InChI=1S/C23H22N6O4S/c1-3-10-29-20(19-12-32-17-6-4-5-7-18(17)33-19)27-28-23(29)34-13(2)21(30)24-14-8-9-15-16(11-14)26-22(31)25-15/h3-9,11,13,19H,1,10,12H2,2H3,(H,24,30)(H2,25,26,31)/t13-,19-/m1/s1. The fraction of sp³-hybridized carbons (Fsp3) is 0.217. The van der Waals surface area contributed by atoms with Gasteiger partial charge in [0.1, 0.15) is 6.61 Å². The van der Waals surface area contributed by atoms with Crippen molar-refractivity contribution in [2.75, 3.05) is 11.9 Å². The number of carbonyl (C=O) groups is 1. The van der Waals surface area contributed by atoms with E-state index in [-0.39, 0.29) is 11.6 Å². The largest absolute Gasteiger partial charge is 0.485 e. The Labute approximate surface area is 198 Å². The molecule has 0 spiro atoms. The van der Waals surface area contributed by atoms with Gasteiger partial charge >= 0.3 is 5.69 Å². The van der Waals surface area contributed by atoms with Crippen LogP contribution in [0.5, 0.6) is 11.5 Å². The van der Waals surface area contributed by atoms with Crippen LogP contribution >= 0.6 is 11.8 Å². The Hall–Kier alpha value is -3.99. The number of hydrogen-bond donors (Lipinski definition) is 3. The molecule has 11 heteroatoms. The number of rotatable bonds is 7. The van der Waals surface area contributed by atoms with Crippen molar-refractivity contribution < 1.29 is 14.3 Å². The highest BCUT2D eigenvalue weighted by Gasteiger charge is 2.29. The van der Waals surface area contributed by atoms with Gasteiger partial charge in [-0.1, -0.05) is 30.0 Å². The van der Waals surface area contributed by atoms with Gasteiger partial charge in [0.2, 0.25) is 5.91 Å². The van der Waals surface area contributed by atoms with Crippen LogP contribution in [0.4, 0.5) is 5.69 Å². The molecule has 0 unspecified atom stereocenters. The van der Waals surface area contributed by atoms with E-state index in [9.17, 15) is 9.59 Å².